The first-order valence-electron chi connectivity index (χ1n) is 8.53. The third kappa shape index (κ3) is 4.76. The van der Waals surface area contributed by atoms with E-state index in [1.54, 1.807) is 0 Å². The maximum atomic E-state index is 4.16. The van der Waals surface area contributed by atoms with Gasteiger partial charge in [-0.2, -0.15) is 5.10 Å². The van der Waals surface area contributed by atoms with Gasteiger partial charge >= 0.3 is 0 Å². The number of unbranched alkanes of at least 4 members (excludes halogenated alkanes) is 4. The highest BCUT2D eigenvalue weighted by Crippen LogP contribution is 2.23. The second kappa shape index (κ2) is 8.71. The van der Waals surface area contributed by atoms with Crippen molar-refractivity contribution in [2.24, 2.45) is 0 Å². The molecule has 0 aliphatic carbocycles. The minimum absolute atomic E-state index is 0.581. The van der Waals surface area contributed by atoms with Gasteiger partial charge in [-0.15, -0.1) is 0 Å². The van der Waals surface area contributed by atoms with Gasteiger partial charge in [-0.3, -0.25) is 5.10 Å². The summed E-state index contributed by atoms with van der Waals surface area (Å²) >= 11 is 0. The molecule has 21 heavy (non-hydrogen) atoms. The van der Waals surface area contributed by atoms with E-state index in [4.69, 9.17) is 0 Å². The van der Waals surface area contributed by atoms with Gasteiger partial charge in [0.05, 0.1) is 17.4 Å². The number of hydrogen-bond acceptors (Lipinski definition) is 2. The molecule has 0 saturated carbocycles. The van der Waals surface area contributed by atoms with Crippen molar-refractivity contribution in [3.05, 3.63) is 24.4 Å². The predicted octanol–water partition coefficient (Wildman–Crippen LogP) is 5.50. The van der Waals surface area contributed by atoms with Gasteiger partial charge in [-0.05, 0) is 18.9 Å². The van der Waals surface area contributed by atoms with Gasteiger partial charge in [0.1, 0.15) is 0 Å². The minimum Gasteiger partial charge on any atom is -0.381 e. The van der Waals surface area contributed by atoms with Crippen LogP contribution >= 0.6 is 0 Å². The molecule has 2 rings (SSSR count). The van der Waals surface area contributed by atoms with Crippen molar-refractivity contribution in [3.63, 3.8) is 0 Å². The quantitative estimate of drug-likeness (QED) is 0.566. The zero-order chi connectivity index (χ0) is 14.9. The lowest BCUT2D eigenvalue weighted by Gasteiger charge is -2.20. The first-order valence-corrected chi connectivity index (χ1v) is 8.53. The number of rotatable bonds is 10. The molecule has 0 amide bonds. The smallest absolute Gasteiger partial charge is 0.0881 e. The maximum Gasteiger partial charge on any atom is 0.0881 e. The van der Waals surface area contributed by atoms with E-state index in [1.807, 2.05) is 6.20 Å². The molecule has 1 heterocycles. The Balaban J connectivity index is 2.00. The molecule has 3 nitrogen and oxygen atoms in total. The van der Waals surface area contributed by atoms with E-state index in [2.05, 4.69) is 47.6 Å². The molecule has 0 bridgehead atoms. The molecule has 0 aliphatic heterocycles. The molecule has 0 saturated heterocycles. The molecule has 1 aromatic heterocycles. The van der Waals surface area contributed by atoms with Gasteiger partial charge in [0.25, 0.3) is 0 Å². The average Bonchev–Trinajstić information content (AvgIpc) is 2.97. The van der Waals surface area contributed by atoms with Crippen molar-refractivity contribution < 1.29 is 0 Å². The molecule has 116 valence electrons. The van der Waals surface area contributed by atoms with E-state index in [1.165, 1.54) is 62.4 Å². The molecule has 2 N–H and O–H groups in total. The Labute approximate surface area is 128 Å². The van der Waals surface area contributed by atoms with Crippen LogP contribution in [-0.2, 0) is 0 Å². The van der Waals surface area contributed by atoms with Crippen LogP contribution < -0.4 is 5.32 Å². The van der Waals surface area contributed by atoms with Gasteiger partial charge in [0, 0.05) is 11.4 Å². The molecule has 0 unspecified atom stereocenters. The molecule has 0 aliphatic rings. The second-order valence-corrected chi connectivity index (χ2v) is 5.97. The van der Waals surface area contributed by atoms with Crippen molar-refractivity contribution in [1.82, 2.24) is 10.2 Å². The molecule has 0 radical (unpaired) electrons. The number of para-hydroxylation sites is 1. The van der Waals surface area contributed by atoms with E-state index in [0.29, 0.717) is 6.04 Å². The lowest BCUT2D eigenvalue weighted by atomic mass is 10.0. The van der Waals surface area contributed by atoms with Crippen molar-refractivity contribution >= 4 is 16.6 Å². The number of benzene rings is 1. The van der Waals surface area contributed by atoms with Gasteiger partial charge in [-0.25, -0.2) is 0 Å². The lowest BCUT2D eigenvalue weighted by molar-refractivity contribution is 0.526. The Morgan fingerprint density at radius 3 is 2.43 bits per heavy atom. The van der Waals surface area contributed by atoms with Crippen LogP contribution in [-0.4, -0.2) is 16.2 Å². The molecule has 2 aromatic rings. The highest BCUT2D eigenvalue weighted by molar-refractivity contribution is 5.89. The monoisotopic (exact) mass is 287 g/mol. The van der Waals surface area contributed by atoms with Crippen LogP contribution in [0.15, 0.2) is 24.4 Å². The average molecular weight is 287 g/mol. The molecule has 3 heteroatoms. The third-order valence-electron chi connectivity index (χ3n) is 4.15. The van der Waals surface area contributed by atoms with E-state index in [0.717, 1.165) is 5.52 Å². The Kier molecular flexibility index (Phi) is 6.58. The SMILES string of the molecule is CCCCCC(CCCCC)Nc1cccc2cn[nH]c12. The highest BCUT2D eigenvalue weighted by Gasteiger charge is 2.10. The zero-order valence-electron chi connectivity index (χ0n) is 13.5. The van der Waals surface area contributed by atoms with Crippen LogP contribution in [0.4, 0.5) is 5.69 Å². The molecule has 0 fully saturated rings. The van der Waals surface area contributed by atoms with Gasteiger partial charge < -0.3 is 5.32 Å². The van der Waals surface area contributed by atoms with Gasteiger partial charge in [0.15, 0.2) is 0 Å². The van der Waals surface area contributed by atoms with Gasteiger partial charge in [-0.1, -0.05) is 64.5 Å². The summed E-state index contributed by atoms with van der Waals surface area (Å²) in [6, 6.07) is 6.95. The fraction of sp³-hybridized carbons (Fsp3) is 0.611. The van der Waals surface area contributed by atoms with Crippen molar-refractivity contribution in [3.8, 4) is 0 Å². The predicted molar refractivity (Wildman–Crippen MR) is 91.8 cm³/mol. The molecule has 0 spiro atoms. The number of fused-ring (bicyclic) bond motifs is 1. The van der Waals surface area contributed by atoms with Gasteiger partial charge in [0.2, 0.25) is 0 Å². The number of anilines is 1. The van der Waals surface area contributed by atoms with E-state index in [9.17, 15) is 0 Å². The first-order chi connectivity index (χ1) is 10.3. The summed E-state index contributed by atoms with van der Waals surface area (Å²) in [6.45, 7) is 4.54. The van der Waals surface area contributed by atoms with Crippen LogP contribution in [0.3, 0.4) is 0 Å². The van der Waals surface area contributed by atoms with E-state index < -0.39 is 0 Å². The first kappa shape index (κ1) is 15.9. The summed E-state index contributed by atoms with van der Waals surface area (Å²) in [6.07, 6.45) is 12.3. The molecular weight excluding hydrogens is 258 g/mol. The van der Waals surface area contributed by atoms with Crippen molar-refractivity contribution in [1.29, 1.82) is 0 Å². The van der Waals surface area contributed by atoms with E-state index >= 15 is 0 Å². The van der Waals surface area contributed by atoms with Crippen LogP contribution in [0.25, 0.3) is 10.9 Å². The molecule has 0 atom stereocenters. The summed E-state index contributed by atoms with van der Waals surface area (Å²) in [7, 11) is 0. The fourth-order valence-electron chi connectivity index (χ4n) is 2.88. The number of hydrogen-bond donors (Lipinski definition) is 2. The minimum atomic E-state index is 0.581. The lowest BCUT2D eigenvalue weighted by Crippen LogP contribution is -2.19. The summed E-state index contributed by atoms with van der Waals surface area (Å²) in [5.41, 5.74) is 2.33. The van der Waals surface area contributed by atoms with Crippen LogP contribution in [0.2, 0.25) is 0 Å². The summed E-state index contributed by atoms with van der Waals surface area (Å²) in [5, 5.41) is 12.2. The van der Waals surface area contributed by atoms with Crippen LogP contribution in [0.5, 0.6) is 0 Å². The summed E-state index contributed by atoms with van der Waals surface area (Å²) in [4.78, 5) is 0. The highest BCUT2D eigenvalue weighted by atomic mass is 15.1. The molecule has 1 aromatic carbocycles. The number of H-pyrrole nitrogens is 1. The largest absolute Gasteiger partial charge is 0.381 e. The summed E-state index contributed by atoms with van der Waals surface area (Å²) in [5.74, 6) is 0. The molecular formula is C18H29N3. The number of aromatic amines is 1. The number of aromatic nitrogens is 2. The summed E-state index contributed by atoms with van der Waals surface area (Å²) < 4.78 is 0. The van der Waals surface area contributed by atoms with Crippen LogP contribution in [0, 0.1) is 0 Å². The third-order valence-corrected chi connectivity index (χ3v) is 4.15. The standard InChI is InChI=1S/C18H29N3/c1-3-5-7-11-16(12-8-6-4-2)20-17-13-9-10-15-14-19-21-18(15)17/h9-10,13-14,16,20H,3-8,11-12H2,1-2H3,(H,19,21). The number of nitrogens with one attached hydrogen (secondary N) is 2. The maximum absolute atomic E-state index is 4.16. The Hall–Kier alpha value is -1.51. The second-order valence-electron chi connectivity index (χ2n) is 5.97. The topological polar surface area (TPSA) is 40.7 Å². The Morgan fingerprint density at radius 1 is 1.05 bits per heavy atom. The number of nitrogens with zero attached hydrogens (tertiary/aromatic N) is 1. The Morgan fingerprint density at radius 2 is 1.76 bits per heavy atom. The van der Waals surface area contributed by atoms with Crippen molar-refractivity contribution in [2.75, 3.05) is 5.32 Å². The Bertz CT molecular complexity index is 508. The van der Waals surface area contributed by atoms with Crippen molar-refractivity contribution in [2.45, 2.75) is 71.3 Å². The fourth-order valence-corrected chi connectivity index (χ4v) is 2.88. The zero-order valence-corrected chi connectivity index (χ0v) is 13.5. The van der Waals surface area contributed by atoms with E-state index in [-0.39, 0.29) is 0 Å². The van der Waals surface area contributed by atoms with Crippen LogP contribution in [0.1, 0.15) is 65.2 Å². The normalized spacial score (nSPS) is 11.4.